The fraction of sp³-hybridized carbons (Fsp3) is 0.833. The number of allylic oxidation sites excluding steroid dienone is 8. The Morgan fingerprint density at radius 3 is 1.14 bits per heavy atom. The van der Waals surface area contributed by atoms with Gasteiger partial charge in [0.2, 0.25) is 5.91 Å². The van der Waals surface area contributed by atoms with Crippen LogP contribution in [0.1, 0.15) is 271 Å². The number of aliphatic hydroxyl groups excluding tert-OH is 2. The van der Waals surface area contributed by atoms with E-state index in [4.69, 9.17) is 0 Å². The van der Waals surface area contributed by atoms with Crippen LogP contribution in [-0.4, -0.2) is 34.9 Å². The van der Waals surface area contributed by atoms with Crippen LogP contribution in [0.2, 0.25) is 0 Å². The molecule has 0 aliphatic carbocycles. The molecule has 2 unspecified atom stereocenters. The van der Waals surface area contributed by atoms with Gasteiger partial charge in [-0.05, 0) is 51.4 Å². The van der Waals surface area contributed by atoms with Crippen LogP contribution in [-0.2, 0) is 4.79 Å². The van der Waals surface area contributed by atoms with E-state index < -0.39 is 12.1 Å². The van der Waals surface area contributed by atoms with E-state index in [0.29, 0.717) is 12.8 Å². The van der Waals surface area contributed by atoms with Gasteiger partial charge in [0.25, 0.3) is 0 Å². The van der Waals surface area contributed by atoms with E-state index in [1.807, 2.05) is 0 Å². The summed E-state index contributed by atoms with van der Waals surface area (Å²) in [6.45, 7) is 4.27. The summed E-state index contributed by atoms with van der Waals surface area (Å²) >= 11 is 0. The smallest absolute Gasteiger partial charge is 0.220 e. The number of nitrogens with one attached hydrogen (secondary N) is 1. The first kappa shape index (κ1) is 56.4. The van der Waals surface area contributed by atoms with Crippen molar-refractivity contribution in [1.29, 1.82) is 0 Å². The third kappa shape index (κ3) is 45.4. The lowest BCUT2D eigenvalue weighted by Crippen LogP contribution is -2.45. The highest BCUT2D eigenvalue weighted by atomic mass is 16.3. The van der Waals surface area contributed by atoms with Crippen LogP contribution in [0.5, 0.6) is 0 Å². The van der Waals surface area contributed by atoms with Gasteiger partial charge in [-0.2, -0.15) is 0 Å². The highest BCUT2D eigenvalue weighted by molar-refractivity contribution is 5.76. The fourth-order valence-electron chi connectivity index (χ4n) is 7.94. The molecule has 340 valence electrons. The predicted octanol–water partition coefficient (Wildman–Crippen LogP) is 16.7. The van der Waals surface area contributed by atoms with Crippen molar-refractivity contribution in [3.05, 3.63) is 48.6 Å². The molecule has 0 heterocycles. The van der Waals surface area contributed by atoms with Gasteiger partial charge < -0.3 is 15.5 Å². The van der Waals surface area contributed by atoms with Crippen molar-refractivity contribution in [2.45, 2.75) is 283 Å². The molecule has 0 aromatic rings. The maximum Gasteiger partial charge on any atom is 0.220 e. The zero-order valence-electron chi connectivity index (χ0n) is 39.1. The van der Waals surface area contributed by atoms with Crippen LogP contribution < -0.4 is 5.32 Å². The second-order valence-corrected chi connectivity index (χ2v) is 17.6. The van der Waals surface area contributed by atoms with Crippen LogP contribution in [0.15, 0.2) is 48.6 Å². The number of aliphatic hydroxyl groups is 2. The van der Waals surface area contributed by atoms with E-state index in [1.165, 1.54) is 193 Å². The topological polar surface area (TPSA) is 69.6 Å². The zero-order valence-corrected chi connectivity index (χ0v) is 39.1. The van der Waals surface area contributed by atoms with Crippen molar-refractivity contribution in [1.82, 2.24) is 5.32 Å². The van der Waals surface area contributed by atoms with Gasteiger partial charge in [0.15, 0.2) is 0 Å². The molecule has 0 bridgehead atoms. The van der Waals surface area contributed by atoms with E-state index in [2.05, 4.69) is 67.8 Å². The first-order valence-electron chi connectivity index (χ1n) is 25.8. The van der Waals surface area contributed by atoms with Gasteiger partial charge in [0, 0.05) is 6.42 Å². The Hall–Kier alpha value is -1.65. The summed E-state index contributed by atoms with van der Waals surface area (Å²) in [5, 5.41) is 23.3. The molecule has 2 atom stereocenters. The van der Waals surface area contributed by atoms with E-state index in [1.54, 1.807) is 0 Å². The number of unbranched alkanes of at least 4 members (excludes halogenated alkanes) is 32. The van der Waals surface area contributed by atoms with Gasteiger partial charge in [-0.25, -0.2) is 0 Å². The summed E-state index contributed by atoms with van der Waals surface area (Å²) in [5.41, 5.74) is 0. The molecule has 4 heteroatoms. The predicted molar refractivity (Wildman–Crippen MR) is 258 cm³/mol. The normalized spacial score (nSPS) is 13.2. The molecule has 0 aromatic carbocycles. The molecule has 0 fully saturated rings. The lowest BCUT2D eigenvalue weighted by molar-refractivity contribution is -0.123. The Balaban J connectivity index is 3.49. The minimum atomic E-state index is -0.663. The molecule has 0 radical (unpaired) electrons. The maximum atomic E-state index is 12.5. The molecule has 3 N–H and O–H groups in total. The molecule has 0 saturated carbocycles. The fourth-order valence-corrected chi connectivity index (χ4v) is 7.94. The Morgan fingerprint density at radius 1 is 0.431 bits per heavy atom. The lowest BCUT2D eigenvalue weighted by atomic mass is 10.0. The van der Waals surface area contributed by atoms with Gasteiger partial charge in [0.1, 0.15) is 0 Å². The van der Waals surface area contributed by atoms with E-state index in [-0.39, 0.29) is 12.5 Å². The van der Waals surface area contributed by atoms with Crippen molar-refractivity contribution in [2.24, 2.45) is 0 Å². The van der Waals surface area contributed by atoms with E-state index >= 15 is 0 Å². The Kier molecular flexibility index (Phi) is 48.3. The second-order valence-electron chi connectivity index (χ2n) is 17.6. The summed E-state index contributed by atoms with van der Waals surface area (Å²) in [7, 11) is 0. The van der Waals surface area contributed by atoms with Crippen molar-refractivity contribution in [3.8, 4) is 0 Å². The summed E-state index contributed by atoms with van der Waals surface area (Å²) in [6, 6.07) is -0.541. The Labute approximate surface area is 363 Å². The van der Waals surface area contributed by atoms with Crippen molar-refractivity contribution >= 4 is 5.91 Å². The van der Waals surface area contributed by atoms with E-state index in [0.717, 1.165) is 51.4 Å². The van der Waals surface area contributed by atoms with Gasteiger partial charge in [0.05, 0.1) is 18.8 Å². The number of carbonyl (C=O) groups excluding carboxylic acids is 1. The minimum absolute atomic E-state index is 0.0345. The molecule has 58 heavy (non-hydrogen) atoms. The number of carbonyl (C=O) groups is 1. The van der Waals surface area contributed by atoms with Gasteiger partial charge in [-0.3, -0.25) is 4.79 Å². The maximum absolute atomic E-state index is 12.5. The largest absolute Gasteiger partial charge is 0.394 e. The van der Waals surface area contributed by atoms with Crippen molar-refractivity contribution in [3.63, 3.8) is 0 Å². The third-order valence-electron chi connectivity index (χ3n) is 11.9. The number of hydrogen-bond donors (Lipinski definition) is 3. The average Bonchev–Trinajstić information content (AvgIpc) is 3.23. The molecule has 0 aromatic heterocycles. The van der Waals surface area contributed by atoms with Gasteiger partial charge >= 0.3 is 0 Å². The zero-order chi connectivity index (χ0) is 42.1. The van der Waals surface area contributed by atoms with Crippen molar-refractivity contribution < 1.29 is 15.0 Å². The number of amides is 1. The van der Waals surface area contributed by atoms with Crippen LogP contribution >= 0.6 is 0 Å². The highest BCUT2D eigenvalue weighted by Gasteiger charge is 2.20. The highest BCUT2D eigenvalue weighted by Crippen LogP contribution is 2.17. The summed E-state index contributed by atoms with van der Waals surface area (Å²) in [4.78, 5) is 12.5. The van der Waals surface area contributed by atoms with Crippen LogP contribution in [0.25, 0.3) is 0 Å². The van der Waals surface area contributed by atoms with Crippen LogP contribution in [0, 0.1) is 0 Å². The van der Waals surface area contributed by atoms with Gasteiger partial charge in [-0.15, -0.1) is 0 Å². The molecule has 4 nitrogen and oxygen atoms in total. The number of rotatable bonds is 47. The van der Waals surface area contributed by atoms with Crippen LogP contribution in [0.3, 0.4) is 0 Å². The van der Waals surface area contributed by atoms with E-state index in [9.17, 15) is 15.0 Å². The first-order valence-corrected chi connectivity index (χ1v) is 25.8. The standard InChI is InChI=1S/C54H101NO3/c1-3-5-7-9-11-13-15-17-19-21-23-25-27-29-31-33-35-37-39-41-43-45-47-49-53(57)52(51-56)55-54(58)50-48-46-44-42-40-38-36-34-32-30-28-26-24-22-20-18-16-14-12-10-8-6-4-2/h6,8,12,14,18,20,24,26,52-53,56-57H,3-5,7,9-11,13,15-17,19,21-23,25,27-51H2,1-2H3,(H,55,58)/b8-6-,14-12-,20-18-,26-24-. The molecule has 0 saturated heterocycles. The summed E-state index contributed by atoms with van der Waals surface area (Å²) < 4.78 is 0. The first-order chi connectivity index (χ1) is 28.7. The van der Waals surface area contributed by atoms with Gasteiger partial charge in [-0.1, -0.05) is 262 Å². The summed E-state index contributed by atoms with van der Waals surface area (Å²) in [5.74, 6) is -0.0345. The monoisotopic (exact) mass is 812 g/mol. The molecular weight excluding hydrogens is 711 g/mol. The molecule has 0 spiro atoms. The molecule has 1 amide bonds. The molecule has 0 aliphatic rings. The quantitative estimate of drug-likeness (QED) is 0.0423. The molecular formula is C54H101NO3. The minimum Gasteiger partial charge on any atom is -0.394 e. The lowest BCUT2D eigenvalue weighted by Gasteiger charge is -2.22. The Morgan fingerprint density at radius 2 is 0.759 bits per heavy atom. The second kappa shape index (κ2) is 49.7. The van der Waals surface area contributed by atoms with Crippen LogP contribution in [0.4, 0.5) is 0 Å². The van der Waals surface area contributed by atoms with Crippen molar-refractivity contribution in [2.75, 3.05) is 6.61 Å². The molecule has 0 aliphatic heterocycles. The average molecular weight is 812 g/mol. The summed E-state index contributed by atoms with van der Waals surface area (Å²) in [6.07, 6.45) is 67.9. The number of hydrogen-bond acceptors (Lipinski definition) is 3. The Bertz CT molecular complexity index is 923. The molecule has 0 rings (SSSR count). The SMILES string of the molecule is CC/C=C\C/C=C\C/C=C\C/C=C\CCCCCCCCCCCCC(=O)NC(CO)C(O)CCCCCCCCCCCCCCCCCCCCCCCCC. The third-order valence-corrected chi connectivity index (χ3v) is 11.9.